The van der Waals surface area contributed by atoms with Crippen molar-refractivity contribution >= 4 is 94.5 Å². The number of aliphatic imine (C=N–C) groups is 1. The second-order valence-electron chi connectivity index (χ2n) is 24.1. The van der Waals surface area contributed by atoms with Crippen LogP contribution < -0.4 is 82.7 Å². The molecule has 2 aliphatic rings. The first-order valence-electron chi connectivity index (χ1n) is 32.2. The van der Waals surface area contributed by atoms with Gasteiger partial charge in [0.15, 0.2) is 5.96 Å². The number of likely N-dealkylation sites (tertiary alicyclic amines) is 2. The lowest BCUT2D eigenvalue weighted by atomic mass is 10.0. The lowest BCUT2D eigenvalue weighted by molar-refractivity contribution is -0.144. The van der Waals surface area contributed by atoms with Crippen LogP contribution in [0.4, 0.5) is 0 Å². The molecular formula is C63H98N18O13S. The van der Waals surface area contributed by atoms with E-state index in [1.54, 1.807) is 60.7 Å². The molecule has 95 heavy (non-hydrogen) atoms. The van der Waals surface area contributed by atoms with E-state index in [0.29, 0.717) is 55.4 Å². The molecule has 13 amide bonds. The van der Waals surface area contributed by atoms with Crippen molar-refractivity contribution in [2.75, 3.05) is 44.7 Å². The molecule has 0 spiro atoms. The van der Waals surface area contributed by atoms with Gasteiger partial charge in [-0.3, -0.25) is 67.3 Å². The summed E-state index contributed by atoms with van der Waals surface area (Å²) in [4.78, 5) is 185. The topological polar surface area (TPSA) is 519 Å². The summed E-state index contributed by atoms with van der Waals surface area (Å²) in [7, 11) is 0. The number of thioether (sulfide) groups is 1. The number of rotatable bonds is 42. The summed E-state index contributed by atoms with van der Waals surface area (Å²) in [5.74, 6) is -9.80. The number of carbonyl (C=O) groups excluding carboxylic acids is 13. The van der Waals surface area contributed by atoms with Gasteiger partial charge in [0.05, 0.1) is 12.6 Å². The molecule has 0 aromatic heterocycles. The van der Waals surface area contributed by atoms with E-state index in [1.807, 2.05) is 20.1 Å². The van der Waals surface area contributed by atoms with Gasteiger partial charge in [-0.05, 0) is 119 Å². The Labute approximate surface area is 558 Å². The minimum absolute atomic E-state index is 0.0736. The highest BCUT2D eigenvalue weighted by atomic mass is 32.2. The van der Waals surface area contributed by atoms with Crippen molar-refractivity contribution in [3.05, 3.63) is 71.8 Å². The number of guanidine groups is 1. The van der Waals surface area contributed by atoms with Crippen molar-refractivity contribution < 1.29 is 62.3 Å². The highest BCUT2D eigenvalue weighted by Gasteiger charge is 2.42. The molecule has 2 aromatic rings. The summed E-state index contributed by atoms with van der Waals surface area (Å²) in [5.41, 5.74) is 40.6. The van der Waals surface area contributed by atoms with Crippen molar-refractivity contribution in [1.29, 1.82) is 0 Å². The summed E-state index contributed by atoms with van der Waals surface area (Å²) in [6.07, 6.45) is 3.12. The molecule has 7 unspecified atom stereocenters. The predicted octanol–water partition coefficient (Wildman–Crippen LogP) is -3.71. The van der Waals surface area contributed by atoms with Gasteiger partial charge in [-0.25, -0.2) is 0 Å². The zero-order valence-corrected chi connectivity index (χ0v) is 55.3. The number of nitrogens with zero attached hydrogens (tertiary/aromatic N) is 3. The average Bonchev–Trinajstić information content (AvgIpc) is 1.74. The second-order valence-corrected chi connectivity index (χ2v) is 25.1. The summed E-state index contributed by atoms with van der Waals surface area (Å²) >= 11 is 1.45. The van der Waals surface area contributed by atoms with Crippen LogP contribution in [0.1, 0.15) is 121 Å². The fourth-order valence-electron chi connectivity index (χ4n) is 11.0. The maximum Gasteiger partial charge on any atom is 0.245 e. The van der Waals surface area contributed by atoms with Gasteiger partial charge in [-0.15, -0.1) is 0 Å². The molecule has 2 aliphatic heterocycles. The normalized spacial score (nSPS) is 16.8. The van der Waals surface area contributed by atoms with Crippen LogP contribution >= 0.6 is 11.8 Å². The molecule has 0 radical (unpaired) electrons. The molecule has 2 aromatic carbocycles. The smallest absolute Gasteiger partial charge is 0.245 e. The molecule has 0 aliphatic carbocycles. The van der Waals surface area contributed by atoms with E-state index in [9.17, 15) is 62.3 Å². The minimum atomic E-state index is -1.64. The Kier molecular flexibility index (Phi) is 33.9. The van der Waals surface area contributed by atoms with E-state index in [1.165, 1.54) is 21.6 Å². The summed E-state index contributed by atoms with van der Waals surface area (Å²) in [5, 5.41) is 21.1. The highest BCUT2D eigenvalue weighted by molar-refractivity contribution is 7.98. The monoisotopic (exact) mass is 1350 g/mol. The fraction of sp³-hybridized carbons (Fsp3) is 0.587. The SMILES string of the molecule is CSCCC(NC(=O)C(CC(C)C)NC(=O)CNC(=O)C(Cc1ccccc1)NC(=O)[C@H](Cc1ccccc1)NC(=O)C(CCC(N)=O)NC(=O)[C@H](CCC(N)=O)NC(=O)C1CCCN1C(=O)C(CCCCN)NC(=O)C1CCCN1C(=O)[C@@H](N)CCCN=C(N)N)C(N)=O. The number of nitrogens with one attached hydrogen (secondary N) is 8. The Morgan fingerprint density at radius 1 is 0.537 bits per heavy atom. The summed E-state index contributed by atoms with van der Waals surface area (Å²) in [6.45, 7) is 3.86. The maximum atomic E-state index is 14.7. The number of hydrogen-bond donors (Lipinski definition) is 15. The van der Waals surface area contributed by atoms with E-state index in [4.69, 9.17) is 40.1 Å². The van der Waals surface area contributed by atoms with Gasteiger partial charge < -0.3 is 92.5 Å². The number of carbonyl (C=O) groups is 13. The zero-order valence-electron chi connectivity index (χ0n) is 54.5. The van der Waals surface area contributed by atoms with Gasteiger partial charge in [-0.2, -0.15) is 11.8 Å². The van der Waals surface area contributed by atoms with E-state index >= 15 is 0 Å². The second kappa shape index (κ2) is 41.0. The number of amides is 13. The molecule has 22 N–H and O–H groups in total. The lowest BCUT2D eigenvalue weighted by Crippen LogP contribution is -2.60. The Hall–Kier alpha value is -8.91. The quantitative estimate of drug-likeness (QED) is 0.0173. The van der Waals surface area contributed by atoms with Crippen LogP contribution in [-0.2, 0) is 75.2 Å². The first-order chi connectivity index (χ1) is 45.2. The predicted molar refractivity (Wildman–Crippen MR) is 356 cm³/mol. The average molecular weight is 1350 g/mol. The van der Waals surface area contributed by atoms with Crippen molar-refractivity contribution in [3.63, 3.8) is 0 Å². The highest BCUT2D eigenvalue weighted by Crippen LogP contribution is 2.24. The zero-order chi connectivity index (χ0) is 70.1. The van der Waals surface area contributed by atoms with E-state index in [-0.39, 0.29) is 83.0 Å². The van der Waals surface area contributed by atoms with E-state index < -0.39 is 169 Å². The number of unbranched alkanes of at least 4 members (excludes halogenated alkanes) is 1. The number of nitrogens with two attached hydrogens (primary N) is 7. The molecule has 0 bridgehead atoms. The first kappa shape index (κ1) is 78.5. The Morgan fingerprint density at radius 2 is 1.01 bits per heavy atom. The van der Waals surface area contributed by atoms with Crippen LogP contribution in [0.3, 0.4) is 0 Å². The van der Waals surface area contributed by atoms with Crippen molar-refractivity contribution in [1.82, 2.24) is 52.3 Å². The summed E-state index contributed by atoms with van der Waals surface area (Å²) in [6, 6.07) is 4.51. The third-order valence-electron chi connectivity index (χ3n) is 16.0. The van der Waals surface area contributed by atoms with E-state index in [2.05, 4.69) is 47.5 Å². The standard InChI is InChI=1S/C63H98N18O13S/c1-37(2)33-45(57(89)74-41(53(68)85)27-32-95-3)73-52(84)36-72-54(86)46(34-38-15-6-4-7-16-38)78-58(90)47(35-39-17-8-5-9-18-39)79-56(88)42(23-25-50(66)82)75-55(87)43(24-26-51(67)83)76-59(91)49-22-14-31-81(49)62(94)44(20-10-11-28-64)77-60(92)48-21-13-30-80(48)61(93)40(65)19-12-29-71-63(69)70/h4-9,15-18,37,40-49H,10-14,19-36,64-65H2,1-3H3,(H2,66,82)(H2,67,83)(H2,68,85)(H,72,86)(H,73,84)(H,74,89)(H,75,87)(H,76,91)(H,77,92)(H,78,90)(H,79,88)(H4,69,70,71)/t40-,41?,42?,43-,44?,45?,46?,47-,48?,49?/m0/s1. The molecule has 2 saturated heterocycles. The largest absolute Gasteiger partial charge is 0.370 e. The maximum absolute atomic E-state index is 14.7. The lowest BCUT2D eigenvalue weighted by Gasteiger charge is -2.32. The van der Waals surface area contributed by atoms with Crippen LogP contribution in [0.5, 0.6) is 0 Å². The van der Waals surface area contributed by atoms with Crippen molar-refractivity contribution in [2.45, 2.75) is 183 Å². The first-order valence-corrected chi connectivity index (χ1v) is 33.6. The third kappa shape index (κ3) is 27.5. The molecule has 32 heteroatoms. The van der Waals surface area contributed by atoms with Gasteiger partial charge in [0.2, 0.25) is 76.8 Å². The Balaban J connectivity index is 1.56. The molecule has 10 atom stereocenters. The van der Waals surface area contributed by atoms with Crippen molar-refractivity contribution in [3.8, 4) is 0 Å². The third-order valence-corrected chi connectivity index (χ3v) is 16.7. The van der Waals surface area contributed by atoms with Crippen molar-refractivity contribution in [2.24, 2.45) is 51.0 Å². The van der Waals surface area contributed by atoms with Crippen LogP contribution in [0, 0.1) is 5.92 Å². The molecular weight excluding hydrogens is 1250 g/mol. The number of primary amides is 3. The Morgan fingerprint density at radius 3 is 1.51 bits per heavy atom. The molecule has 31 nitrogen and oxygen atoms in total. The van der Waals surface area contributed by atoms with Gasteiger partial charge in [0.25, 0.3) is 0 Å². The van der Waals surface area contributed by atoms with Gasteiger partial charge in [-0.1, -0.05) is 74.5 Å². The summed E-state index contributed by atoms with van der Waals surface area (Å²) < 4.78 is 0. The van der Waals surface area contributed by atoms with Crippen LogP contribution in [0.2, 0.25) is 0 Å². The van der Waals surface area contributed by atoms with E-state index in [0.717, 1.165) is 0 Å². The number of benzene rings is 2. The van der Waals surface area contributed by atoms with Crippen LogP contribution in [0.15, 0.2) is 65.7 Å². The van der Waals surface area contributed by atoms with Gasteiger partial charge in [0.1, 0.15) is 54.4 Å². The van der Waals surface area contributed by atoms with Crippen LogP contribution in [0.25, 0.3) is 0 Å². The fourth-order valence-corrected chi connectivity index (χ4v) is 11.5. The Bertz CT molecular complexity index is 2960. The van der Waals surface area contributed by atoms with Crippen LogP contribution in [-0.4, -0.2) is 198 Å². The minimum Gasteiger partial charge on any atom is -0.370 e. The van der Waals surface area contributed by atoms with Gasteiger partial charge in [0, 0.05) is 45.3 Å². The molecule has 2 heterocycles. The molecule has 2 fully saturated rings. The molecule has 0 saturated carbocycles. The number of hydrogen-bond acceptors (Lipinski definition) is 17. The van der Waals surface area contributed by atoms with Gasteiger partial charge >= 0.3 is 0 Å². The molecule has 4 rings (SSSR count). The molecule has 524 valence electrons.